The lowest BCUT2D eigenvalue weighted by molar-refractivity contribution is -0.458. The highest BCUT2D eigenvalue weighted by atomic mass is 32.2. The number of oxazole rings is 1. The lowest BCUT2D eigenvalue weighted by atomic mass is 10.3. The van der Waals surface area contributed by atoms with Gasteiger partial charge in [0, 0.05) is 31.9 Å². The first-order chi connectivity index (χ1) is 8.81. The van der Waals surface area contributed by atoms with Crippen molar-refractivity contribution in [3.05, 3.63) is 24.3 Å². The van der Waals surface area contributed by atoms with E-state index >= 15 is 0 Å². The Kier molecular flexibility index (Phi) is 4.82. The molecule has 0 atom stereocenters. The van der Waals surface area contributed by atoms with E-state index in [-0.39, 0.29) is 0 Å². The molecule has 0 aliphatic heterocycles. The molecule has 0 aliphatic carbocycles. The molecule has 1 heterocycles. The van der Waals surface area contributed by atoms with Gasteiger partial charge in [-0.1, -0.05) is 17.2 Å². The number of fused-ring (bicyclic) bond motifs is 1. The number of benzene rings is 1. The Balaban J connectivity index is 1.86. The molecule has 0 N–H and O–H groups in total. The third-order valence-corrected chi connectivity index (χ3v) is 2.45. The summed E-state index contributed by atoms with van der Waals surface area (Å²) in [5.74, 6) is 0. The van der Waals surface area contributed by atoms with E-state index in [0.717, 1.165) is 23.1 Å². The van der Waals surface area contributed by atoms with Crippen LogP contribution in [-0.2, 0) is 14.3 Å². The molecule has 0 bridgehead atoms. The van der Waals surface area contributed by atoms with Gasteiger partial charge in [-0.15, -0.1) is 4.33 Å². The number of para-hydroxylation sites is 2. The minimum absolute atomic E-state index is 0.343. The topological polar surface area (TPSA) is 57.0 Å². The Hall–Kier alpha value is -1.28. The zero-order valence-electron chi connectivity index (χ0n) is 10.2. The summed E-state index contributed by atoms with van der Waals surface area (Å²) in [5, 5.41) is 4.41. The summed E-state index contributed by atoms with van der Waals surface area (Å²) in [7, 11) is 1.86. The van der Waals surface area contributed by atoms with Crippen molar-refractivity contribution in [1.29, 1.82) is 0 Å². The standard InChI is InChI=1S/C11H14N2O4S/c1-13(7-8-14-16-17-18-2)11-12-9-5-3-4-6-10(9)15-11/h3-6H,7-8H2,1-2H3. The maximum atomic E-state index is 5.59. The molecule has 0 fully saturated rings. The van der Waals surface area contributed by atoms with Crippen molar-refractivity contribution < 1.29 is 18.7 Å². The smallest absolute Gasteiger partial charge is 0.298 e. The van der Waals surface area contributed by atoms with Crippen molar-refractivity contribution in [3.8, 4) is 0 Å². The molecular weight excluding hydrogens is 256 g/mol. The fourth-order valence-electron chi connectivity index (χ4n) is 1.37. The van der Waals surface area contributed by atoms with Gasteiger partial charge in [0.15, 0.2) is 5.58 Å². The molecule has 0 saturated heterocycles. The van der Waals surface area contributed by atoms with E-state index in [0.29, 0.717) is 19.2 Å². The van der Waals surface area contributed by atoms with Crippen LogP contribution >= 0.6 is 12.0 Å². The van der Waals surface area contributed by atoms with Crippen LogP contribution in [0.4, 0.5) is 6.01 Å². The van der Waals surface area contributed by atoms with E-state index in [1.807, 2.05) is 36.2 Å². The third kappa shape index (κ3) is 3.36. The second-order valence-corrected chi connectivity index (χ2v) is 3.98. The first-order valence-corrected chi connectivity index (χ1v) is 6.52. The molecule has 0 spiro atoms. The van der Waals surface area contributed by atoms with Gasteiger partial charge in [0.25, 0.3) is 6.01 Å². The zero-order chi connectivity index (χ0) is 12.8. The van der Waals surface area contributed by atoms with Crippen molar-refractivity contribution in [2.75, 3.05) is 31.4 Å². The number of hydrogen-bond acceptors (Lipinski definition) is 7. The number of aromatic nitrogens is 1. The third-order valence-electron chi connectivity index (χ3n) is 2.26. The fourth-order valence-corrected chi connectivity index (χ4v) is 1.47. The van der Waals surface area contributed by atoms with E-state index < -0.39 is 0 Å². The zero-order valence-corrected chi connectivity index (χ0v) is 11.0. The first kappa shape index (κ1) is 13.2. The van der Waals surface area contributed by atoms with Crippen LogP contribution in [0, 0.1) is 0 Å². The predicted octanol–water partition coefficient (Wildman–Crippen LogP) is 2.42. The lowest BCUT2D eigenvalue weighted by Gasteiger charge is -2.12. The summed E-state index contributed by atoms with van der Waals surface area (Å²) in [6.07, 6.45) is 1.73. The second kappa shape index (κ2) is 6.60. The van der Waals surface area contributed by atoms with Crippen LogP contribution in [0.15, 0.2) is 28.7 Å². The maximum absolute atomic E-state index is 5.59. The van der Waals surface area contributed by atoms with Crippen molar-refractivity contribution in [1.82, 2.24) is 4.98 Å². The highest BCUT2D eigenvalue weighted by molar-refractivity contribution is 7.93. The molecule has 0 saturated carbocycles. The number of anilines is 1. The lowest BCUT2D eigenvalue weighted by Crippen LogP contribution is -2.22. The molecule has 2 rings (SSSR count). The summed E-state index contributed by atoms with van der Waals surface area (Å²) in [4.78, 5) is 11.0. The summed E-state index contributed by atoms with van der Waals surface area (Å²) >= 11 is 1.07. The molecule has 2 aromatic rings. The van der Waals surface area contributed by atoms with Crippen molar-refractivity contribution in [2.45, 2.75) is 0 Å². The van der Waals surface area contributed by atoms with E-state index in [4.69, 9.17) is 9.30 Å². The highest BCUT2D eigenvalue weighted by Crippen LogP contribution is 2.20. The van der Waals surface area contributed by atoms with Crippen molar-refractivity contribution in [2.24, 2.45) is 0 Å². The van der Waals surface area contributed by atoms with Crippen LogP contribution in [0.1, 0.15) is 0 Å². The average molecular weight is 270 g/mol. The van der Waals surface area contributed by atoms with Crippen molar-refractivity contribution >= 4 is 29.2 Å². The van der Waals surface area contributed by atoms with Gasteiger partial charge in [-0.05, 0) is 12.1 Å². The van der Waals surface area contributed by atoms with Crippen LogP contribution < -0.4 is 4.90 Å². The molecule has 0 unspecified atom stereocenters. The van der Waals surface area contributed by atoms with Gasteiger partial charge >= 0.3 is 0 Å². The Labute approximate surface area is 109 Å². The SMILES string of the molecule is CSOOOCCN(C)c1nc2ccccc2o1. The monoisotopic (exact) mass is 270 g/mol. The summed E-state index contributed by atoms with van der Waals surface area (Å²) in [6.45, 7) is 0.917. The summed E-state index contributed by atoms with van der Waals surface area (Å²) in [6, 6.07) is 8.16. The molecule has 0 amide bonds. The van der Waals surface area contributed by atoms with Crippen LogP contribution in [0.2, 0.25) is 0 Å². The van der Waals surface area contributed by atoms with E-state index in [1.54, 1.807) is 6.26 Å². The van der Waals surface area contributed by atoms with Crippen molar-refractivity contribution in [3.63, 3.8) is 0 Å². The minimum Gasteiger partial charge on any atom is -0.423 e. The molecule has 7 heteroatoms. The molecule has 98 valence electrons. The first-order valence-electron chi connectivity index (χ1n) is 5.37. The van der Waals surface area contributed by atoms with Gasteiger partial charge in [0.2, 0.25) is 0 Å². The van der Waals surface area contributed by atoms with Gasteiger partial charge in [-0.25, -0.2) is 4.89 Å². The molecular formula is C11H14N2O4S. The summed E-state index contributed by atoms with van der Waals surface area (Å²) < 4.78 is 10.1. The van der Waals surface area contributed by atoms with Gasteiger partial charge in [0.05, 0.1) is 0 Å². The number of rotatable bonds is 7. The Morgan fingerprint density at radius 3 is 3.00 bits per heavy atom. The van der Waals surface area contributed by atoms with Crippen LogP contribution in [0.3, 0.4) is 0 Å². The van der Waals surface area contributed by atoms with Gasteiger partial charge in [0.1, 0.15) is 12.1 Å². The molecule has 1 aromatic carbocycles. The maximum Gasteiger partial charge on any atom is 0.298 e. The average Bonchev–Trinajstić information content (AvgIpc) is 2.82. The van der Waals surface area contributed by atoms with E-state index in [1.165, 1.54) is 0 Å². The Bertz CT molecular complexity index is 458. The number of likely N-dealkylation sites (N-methyl/N-ethyl adjacent to an activating group) is 1. The Morgan fingerprint density at radius 2 is 2.22 bits per heavy atom. The number of nitrogens with zero attached hydrogens (tertiary/aromatic N) is 2. The summed E-state index contributed by atoms with van der Waals surface area (Å²) in [5.41, 5.74) is 1.60. The molecule has 18 heavy (non-hydrogen) atoms. The van der Waals surface area contributed by atoms with Crippen LogP contribution in [-0.4, -0.2) is 31.4 Å². The van der Waals surface area contributed by atoms with Gasteiger partial charge in [-0.2, -0.15) is 4.98 Å². The Morgan fingerprint density at radius 1 is 1.39 bits per heavy atom. The quantitative estimate of drug-likeness (QED) is 0.331. The van der Waals surface area contributed by atoms with E-state index in [2.05, 4.69) is 14.4 Å². The van der Waals surface area contributed by atoms with Gasteiger partial charge < -0.3 is 9.32 Å². The fraction of sp³-hybridized carbons (Fsp3) is 0.364. The normalized spacial score (nSPS) is 11.0. The van der Waals surface area contributed by atoms with E-state index in [9.17, 15) is 0 Å². The molecule has 1 aromatic heterocycles. The van der Waals surface area contributed by atoms with Crippen LogP contribution in [0.5, 0.6) is 0 Å². The molecule has 0 aliphatic rings. The number of hydrogen-bond donors (Lipinski definition) is 0. The second-order valence-electron chi connectivity index (χ2n) is 3.51. The minimum atomic E-state index is 0.343. The van der Waals surface area contributed by atoms with Crippen LogP contribution in [0.25, 0.3) is 11.1 Å². The molecule has 6 nitrogen and oxygen atoms in total. The largest absolute Gasteiger partial charge is 0.423 e. The highest BCUT2D eigenvalue weighted by Gasteiger charge is 2.09. The predicted molar refractivity (Wildman–Crippen MR) is 68.9 cm³/mol. The van der Waals surface area contributed by atoms with Gasteiger partial charge in [-0.3, -0.25) is 0 Å². The molecule has 0 radical (unpaired) electrons.